The van der Waals surface area contributed by atoms with E-state index in [0.717, 1.165) is 5.69 Å². The predicted octanol–water partition coefficient (Wildman–Crippen LogP) is 4.36. The molecule has 0 aliphatic rings. The lowest BCUT2D eigenvalue weighted by molar-refractivity contribution is 0.101. The number of aromatic nitrogens is 3. The Labute approximate surface area is 193 Å². The highest BCUT2D eigenvalue weighted by molar-refractivity contribution is 6.12. The van der Waals surface area contributed by atoms with Crippen molar-refractivity contribution in [3.8, 4) is 11.6 Å². The van der Waals surface area contributed by atoms with E-state index in [2.05, 4.69) is 15.4 Å². The van der Waals surface area contributed by atoms with Crippen molar-refractivity contribution < 1.29 is 19.5 Å². The zero-order valence-electron chi connectivity index (χ0n) is 17.7. The van der Waals surface area contributed by atoms with E-state index in [4.69, 9.17) is 0 Å². The predicted molar refractivity (Wildman–Crippen MR) is 127 cm³/mol. The Hall–Kier alpha value is -4.98. The van der Waals surface area contributed by atoms with Crippen molar-refractivity contribution in [1.82, 2.24) is 14.8 Å². The number of carbonyl (C=O) groups excluding carboxylic acids is 3. The van der Waals surface area contributed by atoms with Gasteiger partial charge in [-0.15, -0.1) is 0 Å². The highest BCUT2D eigenvalue weighted by atomic mass is 16.3. The lowest BCUT2D eigenvalue weighted by Gasteiger charge is -2.09. The first-order valence-corrected chi connectivity index (χ1v) is 10.4. The summed E-state index contributed by atoms with van der Waals surface area (Å²) in [4.78, 5) is 39.9. The Bertz CT molecular complexity index is 1550. The van der Waals surface area contributed by atoms with E-state index in [1.54, 1.807) is 59.4 Å². The van der Waals surface area contributed by atoms with E-state index in [1.807, 2.05) is 30.3 Å². The molecule has 0 atom stereocenters. The minimum Gasteiger partial charge on any atom is -0.494 e. The molecule has 0 aliphatic heterocycles. The van der Waals surface area contributed by atoms with Crippen LogP contribution < -0.4 is 5.32 Å². The van der Waals surface area contributed by atoms with Crippen molar-refractivity contribution in [3.05, 3.63) is 107 Å². The molecule has 0 saturated heterocycles. The van der Waals surface area contributed by atoms with E-state index in [-0.39, 0.29) is 23.1 Å². The molecular formula is C26H18N4O4. The maximum absolute atomic E-state index is 13.1. The van der Waals surface area contributed by atoms with Crippen LogP contribution in [0.1, 0.15) is 36.8 Å². The topological polar surface area (TPSA) is 117 Å². The Balaban J connectivity index is 1.40. The van der Waals surface area contributed by atoms with Crippen molar-refractivity contribution >= 4 is 34.6 Å². The molecule has 8 nitrogen and oxygen atoms in total. The van der Waals surface area contributed by atoms with Gasteiger partial charge in [-0.3, -0.25) is 14.4 Å². The number of rotatable bonds is 6. The first-order chi connectivity index (χ1) is 16.5. The number of nitrogens with one attached hydrogen (secondary N) is 2. The molecule has 3 N–H and O–H groups in total. The maximum Gasteiger partial charge on any atom is 0.274 e. The first-order valence-electron chi connectivity index (χ1n) is 10.4. The molecule has 0 fully saturated rings. The van der Waals surface area contributed by atoms with Gasteiger partial charge in [-0.05, 0) is 36.4 Å². The number of amides is 1. The van der Waals surface area contributed by atoms with Crippen molar-refractivity contribution in [1.29, 1.82) is 0 Å². The van der Waals surface area contributed by atoms with E-state index >= 15 is 0 Å². The monoisotopic (exact) mass is 450 g/mol. The van der Waals surface area contributed by atoms with Gasteiger partial charge >= 0.3 is 0 Å². The first kappa shape index (κ1) is 20.9. The fourth-order valence-electron chi connectivity index (χ4n) is 3.82. The number of ketones is 1. The fourth-order valence-corrected chi connectivity index (χ4v) is 3.82. The number of para-hydroxylation sites is 1. The molecule has 8 heteroatoms. The van der Waals surface area contributed by atoms with Gasteiger partial charge in [0.25, 0.3) is 5.91 Å². The molecule has 3 aromatic carbocycles. The fraction of sp³-hybridized carbons (Fsp3) is 0. The van der Waals surface area contributed by atoms with Gasteiger partial charge in [0, 0.05) is 27.7 Å². The van der Waals surface area contributed by atoms with Gasteiger partial charge in [-0.25, -0.2) is 4.68 Å². The minimum absolute atomic E-state index is 0.147. The summed E-state index contributed by atoms with van der Waals surface area (Å²) in [6, 6.07) is 22.3. The molecule has 5 rings (SSSR count). The smallest absolute Gasteiger partial charge is 0.274 e. The molecule has 0 spiro atoms. The number of nitrogens with zero attached hydrogens (tertiary/aromatic N) is 2. The number of hydrogen-bond acceptors (Lipinski definition) is 5. The van der Waals surface area contributed by atoms with Crippen LogP contribution in [-0.2, 0) is 0 Å². The lowest BCUT2D eigenvalue weighted by Crippen LogP contribution is -2.17. The summed E-state index contributed by atoms with van der Waals surface area (Å²) in [5.74, 6) is -0.876. The highest BCUT2D eigenvalue weighted by Gasteiger charge is 2.17. The van der Waals surface area contributed by atoms with Crippen LogP contribution in [-0.4, -0.2) is 37.8 Å². The molecule has 0 saturated carbocycles. The third-order valence-electron chi connectivity index (χ3n) is 5.46. The van der Waals surface area contributed by atoms with E-state index < -0.39 is 0 Å². The summed E-state index contributed by atoms with van der Waals surface area (Å²) in [5, 5.41) is 17.4. The summed E-state index contributed by atoms with van der Waals surface area (Å²) < 4.78 is 1.54. The van der Waals surface area contributed by atoms with Crippen molar-refractivity contribution in [2.45, 2.75) is 0 Å². The lowest BCUT2D eigenvalue weighted by atomic mass is 10.0. The Morgan fingerprint density at radius 3 is 2.53 bits per heavy atom. The summed E-state index contributed by atoms with van der Waals surface area (Å²) >= 11 is 0. The van der Waals surface area contributed by atoms with Gasteiger partial charge in [0.15, 0.2) is 17.9 Å². The normalized spacial score (nSPS) is 10.8. The second kappa shape index (κ2) is 8.51. The molecule has 0 bridgehead atoms. The molecule has 1 amide bonds. The Morgan fingerprint density at radius 2 is 1.74 bits per heavy atom. The van der Waals surface area contributed by atoms with Crippen LogP contribution >= 0.6 is 0 Å². The number of carbonyl (C=O) groups is 3. The summed E-state index contributed by atoms with van der Waals surface area (Å²) in [5.41, 5.74) is 2.93. The second-order valence-corrected chi connectivity index (χ2v) is 7.59. The van der Waals surface area contributed by atoms with Crippen molar-refractivity contribution in [2.24, 2.45) is 0 Å². The number of aldehydes is 1. The van der Waals surface area contributed by atoms with Gasteiger partial charge in [0.05, 0.1) is 17.4 Å². The third-order valence-corrected chi connectivity index (χ3v) is 5.46. The number of anilines is 1. The second-order valence-electron chi connectivity index (χ2n) is 7.59. The number of fused-ring (bicyclic) bond motifs is 1. The van der Waals surface area contributed by atoms with Gasteiger partial charge < -0.3 is 15.4 Å². The van der Waals surface area contributed by atoms with Crippen molar-refractivity contribution in [3.63, 3.8) is 0 Å². The van der Waals surface area contributed by atoms with Gasteiger partial charge in [0.1, 0.15) is 5.69 Å². The average molecular weight is 450 g/mol. The zero-order chi connectivity index (χ0) is 23.7. The summed E-state index contributed by atoms with van der Waals surface area (Å²) in [6.07, 6.45) is 2.11. The quantitative estimate of drug-likeness (QED) is 0.263. The number of aromatic hydroxyl groups is 1. The largest absolute Gasteiger partial charge is 0.494 e. The molecular weight excluding hydrogens is 432 g/mol. The number of H-pyrrole nitrogens is 1. The highest BCUT2D eigenvalue weighted by Crippen LogP contribution is 2.27. The Morgan fingerprint density at radius 1 is 0.941 bits per heavy atom. The molecule has 0 radical (unpaired) electrons. The van der Waals surface area contributed by atoms with E-state index in [1.165, 1.54) is 0 Å². The third kappa shape index (κ3) is 3.73. The van der Waals surface area contributed by atoms with Gasteiger partial charge in [0.2, 0.25) is 0 Å². The Kier molecular flexibility index (Phi) is 5.23. The SMILES string of the molecule is O=Cc1c(O)[nH]c2cc(C(=O)c3cccc(NC(=O)c4ccnn4-c4ccccc4)c3)ccc12. The van der Waals surface area contributed by atoms with Crippen LogP contribution in [0.25, 0.3) is 16.6 Å². The van der Waals surface area contributed by atoms with Gasteiger partial charge in [-0.1, -0.05) is 42.5 Å². The zero-order valence-corrected chi connectivity index (χ0v) is 17.7. The standard InChI is InChI=1S/C26H18N4O4/c31-15-21-20-10-9-17(14-22(20)29-25(21)33)24(32)16-5-4-6-18(13-16)28-26(34)23-11-12-27-30(23)19-7-2-1-3-8-19/h1-15,29,33H,(H,28,34). The van der Waals surface area contributed by atoms with Crippen LogP contribution in [0.5, 0.6) is 5.88 Å². The molecule has 2 aromatic heterocycles. The summed E-state index contributed by atoms with van der Waals surface area (Å²) in [7, 11) is 0. The minimum atomic E-state index is -0.365. The number of hydrogen-bond donors (Lipinski definition) is 3. The molecule has 5 aromatic rings. The van der Waals surface area contributed by atoms with Crippen LogP contribution in [0.3, 0.4) is 0 Å². The maximum atomic E-state index is 13.1. The number of aromatic amines is 1. The van der Waals surface area contributed by atoms with Crippen LogP contribution in [0, 0.1) is 0 Å². The average Bonchev–Trinajstić information content (AvgIpc) is 3.47. The van der Waals surface area contributed by atoms with Crippen LogP contribution in [0.2, 0.25) is 0 Å². The molecule has 0 aliphatic carbocycles. The summed E-state index contributed by atoms with van der Waals surface area (Å²) in [6.45, 7) is 0. The molecule has 0 unspecified atom stereocenters. The van der Waals surface area contributed by atoms with Gasteiger partial charge in [-0.2, -0.15) is 5.10 Å². The van der Waals surface area contributed by atoms with E-state index in [0.29, 0.717) is 39.7 Å². The van der Waals surface area contributed by atoms with Crippen LogP contribution in [0.4, 0.5) is 5.69 Å². The molecule has 166 valence electrons. The van der Waals surface area contributed by atoms with E-state index in [9.17, 15) is 19.5 Å². The van der Waals surface area contributed by atoms with Crippen LogP contribution in [0.15, 0.2) is 85.1 Å². The molecule has 34 heavy (non-hydrogen) atoms. The van der Waals surface area contributed by atoms with Crippen molar-refractivity contribution in [2.75, 3.05) is 5.32 Å². The number of benzene rings is 3. The molecule has 2 heterocycles.